The van der Waals surface area contributed by atoms with Gasteiger partial charge in [-0.2, -0.15) is 23.4 Å². The third kappa shape index (κ3) is 3.47. The Bertz CT molecular complexity index is 873. The highest BCUT2D eigenvalue weighted by molar-refractivity contribution is 5.76. The summed E-state index contributed by atoms with van der Waals surface area (Å²) in [5, 5.41) is 11.5. The first kappa shape index (κ1) is 18.8. The topological polar surface area (TPSA) is 68.0 Å². The maximum Gasteiger partial charge on any atom is 0.410 e. The molecule has 1 N–H and O–H groups in total. The van der Waals surface area contributed by atoms with E-state index in [1.54, 1.807) is 35.0 Å². The van der Waals surface area contributed by atoms with Gasteiger partial charge in [0.05, 0.1) is 17.9 Å². The Kier molecular flexibility index (Phi) is 4.59. The fourth-order valence-corrected chi connectivity index (χ4v) is 4.10. The van der Waals surface area contributed by atoms with Gasteiger partial charge in [-0.3, -0.25) is 9.48 Å². The van der Waals surface area contributed by atoms with Crippen molar-refractivity contribution in [1.29, 1.82) is 0 Å². The van der Waals surface area contributed by atoms with E-state index >= 15 is 0 Å². The lowest BCUT2D eigenvalue weighted by molar-refractivity contribution is -0.173. The lowest BCUT2D eigenvalue weighted by Gasteiger charge is -2.31. The number of fused-ring (bicyclic) bond motifs is 1. The Morgan fingerprint density at radius 1 is 1.39 bits per heavy atom. The number of carbonyl (C=O) groups excluding carboxylic acids is 1. The molecule has 4 rings (SSSR count). The van der Waals surface area contributed by atoms with E-state index in [1.807, 2.05) is 6.92 Å². The van der Waals surface area contributed by atoms with Crippen LogP contribution in [0, 0.1) is 6.92 Å². The first-order valence-electron chi connectivity index (χ1n) is 9.43. The second kappa shape index (κ2) is 6.82. The van der Waals surface area contributed by atoms with E-state index in [1.165, 1.54) is 0 Å². The summed E-state index contributed by atoms with van der Waals surface area (Å²) in [5.41, 5.74) is 1.47. The van der Waals surface area contributed by atoms with E-state index < -0.39 is 12.2 Å². The van der Waals surface area contributed by atoms with Crippen molar-refractivity contribution in [1.82, 2.24) is 24.5 Å². The normalized spacial score (nSPS) is 24.9. The molecule has 0 radical (unpaired) electrons. The van der Waals surface area contributed by atoms with Gasteiger partial charge in [-0.15, -0.1) is 0 Å². The van der Waals surface area contributed by atoms with Crippen LogP contribution in [-0.4, -0.2) is 49.1 Å². The molecule has 4 heterocycles. The van der Waals surface area contributed by atoms with Gasteiger partial charge in [0, 0.05) is 24.8 Å². The number of aromatic nitrogens is 4. The smallest absolute Gasteiger partial charge is 0.368 e. The lowest BCUT2D eigenvalue weighted by Crippen LogP contribution is -2.38. The predicted molar refractivity (Wildman–Crippen MR) is 95.7 cm³/mol. The fourth-order valence-electron chi connectivity index (χ4n) is 4.10. The number of hydrogen-bond donors (Lipinski definition) is 1. The molecule has 1 amide bonds. The summed E-state index contributed by atoms with van der Waals surface area (Å²) < 4.78 is 43.0. The minimum atomic E-state index is -4.36. The molecule has 2 aromatic rings. The standard InChI is InChI=1S/C18H23F3N6O/c1-11-8-22-25(9-11)10-17(28)26-5-3-4-14(26)13-7-16-23-12(2)6-15(18(19,20)21)27(16)24-13/h7-9,12,14-15,23H,3-6,10H2,1-2H3/t12-,14-,15-/m1/s1. The highest BCUT2D eigenvalue weighted by atomic mass is 19.4. The van der Waals surface area contributed by atoms with Gasteiger partial charge in [-0.25, -0.2) is 4.68 Å². The first-order chi connectivity index (χ1) is 13.2. The van der Waals surface area contributed by atoms with E-state index in [2.05, 4.69) is 15.5 Å². The number of likely N-dealkylation sites (tertiary alicyclic amines) is 1. The van der Waals surface area contributed by atoms with Crippen molar-refractivity contribution >= 4 is 11.7 Å². The van der Waals surface area contributed by atoms with Crippen molar-refractivity contribution in [2.45, 2.75) is 64.0 Å². The zero-order valence-corrected chi connectivity index (χ0v) is 15.8. The van der Waals surface area contributed by atoms with Gasteiger partial charge in [0.15, 0.2) is 6.04 Å². The molecule has 3 atom stereocenters. The van der Waals surface area contributed by atoms with Crippen molar-refractivity contribution in [3.63, 3.8) is 0 Å². The minimum Gasteiger partial charge on any atom is -0.368 e. The molecule has 2 aliphatic heterocycles. The van der Waals surface area contributed by atoms with Gasteiger partial charge in [0.25, 0.3) is 0 Å². The Labute approximate surface area is 160 Å². The van der Waals surface area contributed by atoms with E-state index in [0.717, 1.165) is 16.7 Å². The number of nitrogens with one attached hydrogen (secondary N) is 1. The average molecular weight is 396 g/mol. The minimum absolute atomic E-state index is 0.0659. The Morgan fingerprint density at radius 2 is 2.18 bits per heavy atom. The average Bonchev–Trinajstić information content (AvgIpc) is 3.31. The van der Waals surface area contributed by atoms with Crippen LogP contribution in [0.4, 0.5) is 19.0 Å². The number of amides is 1. The van der Waals surface area contributed by atoms with Gasteiger partial charge in [0.1, 0.15) is 12.4 Å². The van der Waals surface area contributed by atoms with Gasteiger partial charge >= 0.3 is 6.18 Å². The van der Waals surface area contributed by atoms with Gasteiger partial charge < -0.3 is 10.2 Å². The van der Waals surface area contributed by atoms with E-state index in [4.69, 9.17) is 0 Å². The van der Waals surface area contributed by atoms with E-state index in [0.29, 0.717) is 24.5 Å². The molecule has 0 aromatic carbocycles. The molecule has 7 nitrogen and oxygen atoms in total. The van der Waals surface area contributed by atoms with Gasteiger partial charge in [-0.1, -0.05) is 0 Å². The molecular weight excluding hydrogens is 373 g/mol. The summed E-state index contributed by atoms with van der Waals surface area (Å²) in [6, 6.07) is -0.602. The largest absolute Gasteiger partial charge is 0.410 e. The highest BCUT2D eigenvalue weighted by Crippen LogP contribution is 2.41. The fraction of sp³-hybridized carbons (Fsp3) is 0.611. The zero-order chi connectivity index (χ0) is 20.1. The van der Waals surface area contributed by atoms with Crippen molar-refractivity contribution in [2.75, 3.05) is 11.9 Å². The second-order valence-electron chi connectivity index (χ2n) is 7.70. The zero-order valence-electron chi connectivity index (χ0n) is 15.8. The molecular formula is C18H23F3N6O. The molecule has 0 unspecified atom stereocenters. The van der Waals surface area contributed by atoms with Crippen molar-refractivity contribution in [3.8, 4) is 0 Å². The number of rotatable bonds is 3. The Balaban J connectivity index is 1.57. The third-order valence-corrected chi connectivity index (χ3v) is 5.37. The van der Waals surface area contributed by atoms with Crippen LogP contribution < -0.4 is 5.32 Å². The molecule has 0 aliphatic carbocycles. The van der Waals surface area contributed by atoms with Crippen molar-refractivity contribution in [2.24, 2.45) is 0 Å². The van der Waals surface area contributed by atoms with Crippen LogP contribution in [0.5, 0.6) is 0 Å². The first-order valence-corrected chi connectivity index (χ1v) is 9.43. The summed E-state index contributed by atoms with van der Waals surface area (Å²) in [5.74, 6) is 0.253. The van der Waals surface area contributed by atoms with Crippen LogP contribution in [0.3, 0.4) is 0 Å². The molecule has 2 aliphatic rings. The van der Waals surface area contributed by atoms with Crippen LogP contribution in [0.15, 0.2) is 18.5 Å². The number of nitrogens with zero attached hydrogens (tertiary/aromatic N) is 5. The monoisotopic (exact) mass is 396 g/mol. The van der Waals surface area contributed by atoms with Gasteiger partial charge in [0.2, 0.25) is 5.91 Å². The summed E-state index contributed by atoms with van der Waals surface area (Å²) in [6.07, 6.45) is 0.525. The summed E-state index contributed by atoms with van der Waals surface area (Å²) in [7, 11) is 0. The number of aryl methyl sites for hydroxylation is 1. The maximum absolute atomic E-state index is 13.5. The molecule has 1 saturated heterocycles. The number of halogens is 3. The van der Waals surface area contributed by atoms with Crippen LogP contribution in [0.1, 0.15) is 49.5 Å². The maximum atomic E-state index is 13.5. The number of alkyl halides is 3. The van der Waals surface area contributed by atoms with Crippen LogP contribution in [0.25, 0.3) is 0 Å². The third-order valence-electron chi connectivity index (χ3n) is 5.37. The van der Waals surface area contributed by atoms with Crippen LogP contribution in [0.2, 0.25) is 0 Å². The number of hydrogen-bond acceptors (Lipinski definition) is 4. The number of carbonyl (C=O) groups is 1. The molecule has 28 heavy (non-hydrogen) atoms. The number of anilines is 1. The molecule has 0 bridgehead atoms. The van der Waals surface area contributed by atoms with Crippen molar-refractivity contribution < 1.29 is 18.0 Å². The summed E-state index contributed by atoms with van der Waals surface area (Å²) in [4.78, 5) is 14.5. The van der Waals surface area contributed by atoms with Gasteiger partial charge in [-0.05, 0) is 38.7 Å². The summed E-state index contributed by atoms with van der Waals surface area (Å²) in [6.45, 7) is 4.30. The quantitative estimate of drug-likeness (QED) is 0.866. The Hall–Kier alpha value is -2.52. The molecule has 152 valence electrons. The predicted octanol–water partition coefficient (Wildman–Crippen LogP) is 3.06. The Morgan fingerprint density at radius 3 is 2.86 bits per heavy atom. The van der Waals surface area contributed by atoms with Crippen LogP contribution >= 0.6 is 0 Å². The molecule has 1 fully saturated rings. The SMILES string of the molecule is Cc1cnn(CC(=O)N2CCC[C@@H]2c2cc3n(n2)[C@@H](C(F)(F)F)C[C@@H](C)N3)c1. The highest BCUT2D eigenvalue weighted by Gasteiger charge is 2.46. The lowest BCUT2D eigenvalue weighted by atomic mass is 10.1. The van der Waals surface area contributed by atoms with E-state index in [9.17, 15) is 18.0 Å². The van der Waals surface area contributed by atoms with Crippen LogP contribution in [-0.2, 0) is 11.3 Å². The molecule has 0 spiro atoms. The molecule has 2 aromatic heterocycles. The van der Waals surface area contributed by atoms with Crippen molar-refractivity contribution in [3.05, 3.63) is 29.7 Å². The molecule has 10 heteroatoms. The molecule has 0 saturated carbocycles. The second-order valence-corrected chi connectivity index (χ2v) is 7.70. The van der Waals surface area contributed by atoms with E-state index in [-0.39, 0.29) is 31.0 Å². The summed E-state index contributed by atoms with van der Waals surface area (Å²) >= 11 is 0.